The van der Waals surface area contributed by atoms with E-state index in [0.717, 1.165) is 4.57 Å². The number of oxazole rings is 1. The monoisotopic (exact) mass is 422 g/mol. The highest BCUT2D eigenvalue weighted by molar-refractivity contribution is 7.92. The number of anilines is 1. The molecular formula is C18H18N2O8S. The zero-order valence-electron chi connectivity index (χ0n) is 15.8. The van der Waals surface area contributed by atoms with E-state index in [-0.39, 0.29) is 28.2 Å². The van der Waals surface area contributed by atoms with Crippen LogP contribution in [0.15, 0.2) is 50.5 Å². The second-order valence-corrected chi connectivity index (χ2v) is 7.51. The number of rotatable bonds is 7. The van der Waals surface area contributed by atoms with E-state index >= 15 is 0 Å². The van der Waals surface area contributed by atoms with Crippen LogP contribution in [-0.2, 0) is 26.1 Å². The molecule has 0 aliphatic carbocycles. The molecule has 0 saturated carbocycles. The van der Waals surface area contributed by atoms with Gasteiger partial charge in [0.05, 0.1) is 37.4 Å². The molecular weight excluding hydrogens is 404 g/mol. The number of carbonyl (C=O) groups excluding carboxylic acids is 1. The van der Waals surface area contributed by atoms with Gasteiger partial charge in [0.2, 0.25) is 0 Å². The van der Waals surface area contributed by atoms with E-state index in [4.69, 9.17) is 13.9 Å². The number of nitrogens with one attached hydrogen (secondary N) is 1. The Hall–Kier alpha value is -3.47. The lowest BCUT2D eigenvalue weighted by molar-refractivity contribution is -0.141. The number of benzene rings is 2. The molecule has 11 heteroatoms. The lowest BCUT2D eigenvalue weighted by atomic mass is 10.3. The summed E-state index contributed by atoms with van der Waals surface area (Å²) in [6.07, 6.45) is 0. The maximum atomic E-state index is 12.8. The maximum Gasteiger partial charge on any atom is 0.420 e. The number of methoxy groups -OCH3 is 3. The number of hydrogen-bond acceptors (Lipinski definition) is 8. The summed E-state index contributed by atoms with van der Waals surface area (Å²) in [7, 11) is 0.0116. The highest BCUT2D eigenvalue weighted by Gasteiger charge is 2.20. The van der Waals surface area contributed by atoms with Gasteiger partial charge in [0.1, 0.15) is 18.0 Å². The molecule has 0 aliphatic heterocycles. The molecule has 1 N–H and O–H groups in total. The first kappa shape index (κ1) is 20.3. The normalized spacial score (nSPS) is 11.3. The molecule has 2 aromatic carbocycles. The number of hydrogen-bond donors (Lipinski definition) is 1. The first-order valence-electron chi connectivity index (χ1n) is 8.24. The van der Waals surface area contributed by atoms with E-state index in [1.54, 1.807) is 12.1 Å². The fourth-order valence-corrected chi connectivity index (χ4v) is 3.73. The van der Waals surface area contributed by atoms with Crippen LogP contribution in [0, 0.1) is 0 Å². The number of aromatic nitrogens is 1. The molecule has 29 heavy (non-hydrogen) atoms. The summed E-state index contributed by atoms with van der Waals surface area (Å²) >= 11 is 0. The van der Waals surface area contributed by atoms with E-state index in [2.05, 4.69) is 9.46 Å². The molecule has 3 aromatic rings. The first-order valence-corrected chi connectivity index (χ1v) is 9.72. The fraction of sp³-hybridized carbons (Fsp3) is 0.222. The van der Waals surface area contributed by atoms with Crippen LogP contribution in [0.2, 0.25) is 0 Å². The average molecular weight is 422 g/mol. The van der Waals surface area contributed by atoms with Crippen LogP contribution >= 0.6 is 0 Å². The molecule has 1 heterocycles. The highest BCUT2D eigenvalue weighted by atomic mass is 32.2. The van der Waals surface area contributed by atoms with E-state index in [1.807, 2.05) is 0 Å². The molecule has 0 saturated heterocycles. The lowest BCUT2D eigenvalue weighted by Crippen LogP contribution is -2.20. The van der Waals surface area contributed by atoms with Gasteiger partial charge in [0, 0.05) is 12.1 Å². The van der Waals surface area contributed by atoms with Crippen molar-refractivity contribution < 1.29 is 31.8 Å². The molecule has 0 spiro atoms. The third-order valence-corrected chi connectivity index (χ3v) is 5.48. The standard InChI is InChI=1S/C18H18N2O8S/c1-25-11-4-7-15(26-2)13(8-11)19-29(23,24)12-5-6-14-16(9-12)28-18(22)20(14)10-17(21)27-3/h4-9,19H,10H2,1-3H3. The summed E-state index contributed by atoms with van der Waals surface area (Å²) in [5.74, 6) is -0.711. The van der Waals surface area contributed by atoms with Crippen molar-refractivity contribution in [3.05, 3.63) is 46.9 Å². The van der Waals surface area contributed by atoms with Gasteiger partial charge in [-0.05, 0) is 24.3 Å². The molecule has 0 radical (unpaired) electrons. The highest BCUT2D eigenvalue weighted by Crippen LogP contribution is 2.31. The van der Waals surface area contributed by atoms with Crippen molar-refractivity contribution in [2.24, 2.45) is 0 Å². The largest absolute Gasteiger partial charge is 0.497 e. The second kappa shape index (κ2) is 7.87. The number of esters is 1. The minimum Gasteiger partial charge on any atom is -0.497 e. The van der Waals surface area contributed by atoms with E-state index in [1.165, 1.54) is 45.6 Å². The smallest absolute Gasteiger partial charge is 0.420 e. The molecule has 0 bridgehead atoms. The van der Waals surface area contributed by atoms with Crippen LogP contribution in [0.1, 0.15) is 0 Å². The Labute approximate surface area is 165 Å². The van der Waals surface area contributed by atoms with E-state index < -0.39 is 21.7 Å². The van der Waals surface area contributed by atoms with Crippen LogP contribution in [0.5, 0.6) is 11.5 Å². The first-order chi connectivity index (χ1) is 13.8. The topological polar surface area (TPSA) is 126 Å². The van der Waals surface area contributed by atoms with Gasteiger partial charge in [0.25, 0.3) is 10.0 Å². The summed E-state index contributed by atoms with van der Waals surface area (Å²) in [6, 6.07) is 8.52. The van der Waals surface area contributed by atoms with Crippen molar-refractivity contribution in [2.45, 2.75) is 11.4 Å². The Morgan fingerprint density at radius 2 is 1.86 bits per heavy atom. The summed E-state index contributed by atoms with van der Waals surface area (Å²) in [4.78, 5) is 23.3. The van der Waals surface area contributed by atoms with Gasteiger partial charge in [-0.2, -0.15) is 0 Å². The zero-order chi connectivity index (χ0) is 21.2. The van der Waals surface area contributed by atoms with Crippen molar-refractivity contribution in [1.29, 1.82) is 0 Å². The van der Waals surface area contributed by atoms with Gasteiger partial charge in [-0.15, -0.1) is 0 Å². The minimum atomic E-state index is -4.04. The van der Waals surface area contributed by atoms with Crippen LogP contribution in [0.4, 0.5) is 5.69 Å². The fourth-order valence-electron chi connectivity index (χ4n) is 2.65. The van der Waals surface area contributed by atoms with Crippen LogP contribution in [0.3, 0.4) is 0 Å². The molecule has 3 rings (SSSR count). The number of ether oxygens (including phenoxy) is 3. The number of nitrogens with zero attached hydrogens (tertiary/aromatic N) is 1. The average Bonchev–Trinajstić information content (AvgIpc) is 3.01. The molecule has 1 aromatic heterocycles. The Morgan fingerprint density at radius 1 is 1.10 bits per heavy atom. The molecule has 0 atom stereocenters. The summed E-state index contributed by atoms with van der Waals surface area (Å²) in [5.41, 5.74) is 0.453. The molecule has 0 unspecified atom stereocenters. The van der Waals surface area contributed by atoms with Crippen molar-refractivity contribution >= 4 is 32.8 Å². The molecule has 0 amide bonds. The maximum absolute atomic E-state index is 12.8. The second-order valence-electron chi connectivity index (χ2n) is 5.83. The Bertz CT molecular complexity index is 1230. The number of fused-ring (bicyclic) bond motifs is 1. The molecule has 154 valence electrons. The van der Waals surface area contributed by atoms with Gasteiger partial charge in [-0.3, -0.25) is 14.1 Å². The lowest BCUT2D eigenvalue weighted by Gasteiger charge is -2.13. The third kappa shape index (κ3) is 4.04. The quantitative estimate of drug-likeness (QED) is 0.569. The summed E-state index contributed by atoms with van der Waals surface area (Å²) < 4.78 is 49.0. The van der Waals surface area contributed by atoms with Crippen molar-refractivity contribution in [2.75, 3.05) is 26.1 Å². The summed E-state index contributed by atoms with van der Waals surface area (Å²) in [6.45, 7) is -0.353. The SMILES string of the molecule is COC(=O)Cn1c(=O)oc2cc(S(=O)(=O)Nc3cc(OC)ccc3OC)ccc21. The van der Waals surface area contributed by atoms with Crippen LogP contribution < -0.4 is 20.0 Å². The van der Waals surface area contributed by atoms with E-state index in [0.29, 0.717) is 11.5 Å². The minimum absolute atomic E-state index is 0.0133. The van der Waals surface area contributed by atoms with Gasteiger partial charge in [-0.1, -0.05) is 0 Å². The predicted molar refractivity (Wildman–Crippen MR) is 103 cm³/mol. The Kier molecular flexibility index (Phi) is 5.50. The number of carbonyl (C=O) groups is 1. The Balaban J connectivity index is 2.00. The van der Waals surface area contributed by atoms with Gasteiger partial charge in [0.15, 0.2) is 5.58 Å². The van der Waals surface area contributed by atoms with Crippen molar-refractivity contribution in [3.8, 4) is 11.5 Å². The predicted octanol–water partition coefficient (Wildman–Crippen LogP) is 1.59. The van der Waals surface area contributed by atoms with Crippen molar-refractivity contribution in [1.82, 2.24) is 4.57 Å². The van der Waals surface area contributed by atoms with Crippen LogP contribution in [-0.4, -0.2) is 40.3 Å². The Morgan fingerprint density at radius 3 is 2.52 bits per heavy atom. The zero-order valence-corrected chi connectivity index (χ0v) is 16.6. The van der Waals surface area contributed by atoms with Crippen LogP contribution in [0.25, 0.3) is 11.1 Å². The molecule has 10 nitrogen and oxygen atoms in total. The van der Waals surface area contributed by atoms with E-state index in [9.17, 15) is 18.0 Å². The molecule has 0 fully saturated rings. The van der Waals surface area contributed by atoms with Gasteiger partial charge in [-0.25, -0.2) is 13.2 Å². The molecule has 0 aliphatic rings. The number of sulfonamides is 1. The summed E-state index contributed by atoms with van der Waals surface area (Å²) in [5, 5.41) is 0. The van der Waals surface area contributed by atoms with Gasteiger partial charge >= 0.3 is 11.7 Å². The van der Waals surface area contributed by atoms with Gasteiger partial charge < -0.3 is 18.6 Å². The third-order valence-electron chi connectivity index (χ3n) is 4.12. The van der Waals surface area contributed by atoms with Crippen molar-refractivity contribution in [3.63, 3.8) is 0 Å².